The number of hydrogen-bond donors (Lipinski definition) is 1. The molecule has 0 aliphatic carbocycles. The minimum atomic E-state index is -0.264. The van der Waals surface area contributed by atoms with E-state index in [-0.39, 0.29) is 5.69 Å². The summed E-state index contributed by atoms with van der Waals surface area (Å²) in [6.45, 7) is 4.27. The number of benzene rings is 2. The Labute approximate surface area is 127 Å². The Hall–Kier alpha value is -2.89. The second-order valence-electron chi connectivity index (χ2n) is 5.36. The van der Waals surface area contributed by atoms with Gasteiger partial charge in [0.15, 0.2) is 0 Å². The predicted molar refractivity (Wildman–Crippen MR) is 85.0 cm³/mol. The molecule has 0 unspecified atom stereocenters. The van der Waals surface area contributed by atoms with Crippen molar-refractivity contribution in [2.75, 3.05) is 5.73 Å². The number of anilines is 1. The topological polar surface area (TPSA) is 78.7 Å². The molecule has 0 fully saturated rings. The molecule has 6 nitrogen and oxygen atoms in total. The predicted octanol–water partition coefficient (Wildman–Crippen LogP) is 1.68. The smallest absolute Gasteiger partial charge is 0.368 e. The van der Waals surface area contributed by atoms with Gasteiger partial charge in [0.25, 0.3) is 0 Å². The van der Waals surface area contributed by atoms with Crippen LogP contribution in [0.15, 0.2) is 47.3 Å². The Morgan fingerprint density at radius 3 is 2.64 bits per heavy atom. The number of nitrogen functional groups attached to an aromatic ring is 1. The number of tetrazole rings is 1. The van der Waals surface area contributed by atoms with Gasteiger partial charge in [-0.1, -0.05) is 24.3 Å². The first-order valence-electron chi connectivity index (χ1n) is 6.99. The van der Waals surface area contributed by atoms with Crippen LogP contribution in [0.25, 0.3) is 5.69 Å². The van der Waals surface area contributed by atoms with E-state index in [9.17, 15) is 4.79 Å². The van der Waals surface area contributed by atoms with Crippen molar-refractivity contribution in [1.82, 2.24) is 19.8 Å². The van der Waals surface area contributed by atoms with Crippen molar-refractivity contribution in [2.45, 2.75) is 20.4 Å². The quantitative estimate of drug-likeness (QED) is 0.746. The Morgan fingerprint density at radius 2 is 1.91 bits per heavy atom. The summed E-state index contributed by atoms with van der Waals surface area (Å²) < 4.78 is 2.64. The molecule has 0 saturated carbocycles. The first-order chi connectivity index (χ1) is 10.5. The lowest BCUT2D eigenvalue weighted by Crippen LogP contribution is -2.24. The van der Waals surface area contributed by atoms with Crippen LogP contribution < -0.4 is 11.4 Å². The van der Waals surface area contributed by atoms with E-state index in [2.05, 4.69) is 10.4 Å². The van der Waals surface area contributed by atoms with Crippen LogP contribution in [-0.4, -0.2) is 19.8 Å². The summed E-state index contributed by atoms with van der Waals surface area (Å²) in [5, 5.41) is 7.91. The van der Waals surface area contributed by atoms with Gasteiger partial charge in [-0.2, -0.15) is 9.36 Å². The average Bonchev–Trinajstić information content (AvgIpc) is 2.84. The van der Waals surface area contributed by atoms with Crippen LogP contribution in [0.2, 0.25) is 0 Å². The molecule has 0 saturated heterocycles. The summed E-state index contributed by atoms with van der Waals surface area (Å²) in [6.07, 6.45) is 0. The Morgan fingerprint density at radius 1 is 1.09 bits per heavy atom. The van der Waals surface area contributed by atoms with E-state index in [1.165, 1.54) is 9.36 Å². The molecular weight excluding hydrogens is 278 g/mol. The zero-order chi connectivity index (χ0) is 15.7. The van der Waals surface area contributed by atoms with Gasteiger partial charge >= 0.3 is 5.69 Å². The Bertz CT molecular complexity index is 878. The first-order valence-corrected chi connectivity index (χ1v) is 6.99. The molecule has 0 atom stereocenters. The number of aromatic nitrogens is 4. The van der Waals surface area contributed by atoms with Crippen LogP contribution in [-0.2, 0) is 6.54 Å². The van der Waals surface area contributed by atoms with Gasteiger partial charge in [-0.05, 0) is 59.2 Å². The first kappa shape index (κ1) is 14.1. The molecule has 3 rings (SSSR count). The SMILES string of the molecule is Cc1cccc(-n2nnn(Cc3ccc(N)c(C)c3)c2=O)c1. The van der Waals surface area contributed by atoms with Crippen molar-refractivity contribution in [3.8, 4) is 5.69 Å². The summed E-state index contributed by atoms with van der Waals surface area (Å²) in [7, 11) is 0. The van der Waals surface area contributed by atoms with Crippen LogP contribution >= 0.6 is 0 Å². The molecular formula is C16H17N5O. The molecule has 112 valence electrons. The van der Waals surface area contributed by atoms with Gasteiger partial charge in [-0.15, -0.1) is 0 Å². The maximum absolute atomic E-state index is 12.4. The fraction of sp³-hybridized carbons (Fsp3) is 0.188. The molecule has 0 aliphatic rings. The van der Waals surface area contributed by atoms with Gasteiger partial charge in [0, 0.05) is 5.69 Å². The third-order valence-electron chi connectivity index (χ3n) is 3.55. The molecule has 6 heteroatoms. The Kier molecular flexibility index (Phi) is 3.50. The van der Waals surface area contributed by atoms with Gasteiger partial charge in [-0.25, -0.2) is 4.79 Å². The molecule has 0 spiro atoms. The largest absolute Gasteiger partial charge is 0.399 e. The van der Waals surface area contributed by atoms with Crippen LogP contribution in [0.4, 0.5) is 5.69 Å². The maximum atomic E-state index is 12.4. The molecule has 0 amide bonds. The highest BCUT2D eigenvalue weighted by Gasteiger charge is 2.09. The third kappa shape index (κ3) is 2.63. The van der Waals surface area contributed by atoms with E-state index in [0.29, 0.717) is 12.2 Å². The fourth-order valence-electron chi connectivity index (χ4n) is 2.30. The van der Waals surface area contributed by atoms with E-state index in [1.807, 2.05) is 56.3 Å². The summed E-state index contributed by atoms with van der Waals surface area (Å²) >= 11 is 0. The van der Waals surface area contributed by atoms with Crippen LogP contribution in [0.3, 0.4) is 0 Å². The minimum Gasteiger partial charge on any atom is -0.399 e. The number of rotatable bonds is 3. The fourth-order valence-corrected chi connectivity index (χ4v) is 2.30. The molecule has 1 heterocycles. The molecule has 1 aromatic heterocycles. The second-order valence-corrected chi connectivity index (χ2v) is 5.36. The van der Waals surface area contributed by atoms with Gasteiger partial charge < -0.3 is 5.73 Å². The van der Waals surface area contributed by atoms with E-state index in [4.69, 9.17) is 5.73 Å². The summed E-state index contributed by atoms with van der Waals surface area (Å²) in [6, 6.07) is 13.3. The highest BCUT2D eigenvalue weighted by atomic mass is 16.2. The van der Waals surface area contributed by atoms with Gasteiger partial charge in [0.1, 0.15) is 0 Å². The highest BCUT2D eigenvalue weighted by Crippen LogP contribution is 2.13. The number of aryl methyl sites for hydroxylation is 2. The van der Waals surface area contributed by atoms with Crippen LogP contribution in [0.1, 0.15) is 16.7 Å². The van der Waals surface area contributed by atoms with Crippen molar-refractivity contribution in [2.24, 2.45) is 0 Å². The van der Waals surface area contributed by atoms with Crippen molar-refractivity contribution in [3.05, 3.63) is 69.6 Å². The lowest BCUT2D eigenvalue weighted by atomic mass is 10.1. The van der Waals surface area contributed by atoms with Gasteiger partial charge in [0.05, 0.1) is 12.2 Å². The summed E-state index contributed by atoms with van der Waals surface area (Å²) in [4.78, 5) is 12.4. The zero-order valence-corrected chi connectivity index (χ0v) is 12.5. The molecule has 0 radical (unpaired) electrons. The van der Waals surface area contributed by atoms with E-state index in [1.54, 1.807) is 0 Å². The lowest BCUT2D eigenvalue weighted by Gasteiger charge is -2.04. The normalized spacial score (nSPS) is 10.8. The van der Waals surface area contributed by atoms with Crippen molar-refractivity contribution >= 4 is 5.69 Å². The standard InChI is InChI=1S/C16H17N5O/c1-11-4-3-5-14(8-11)21-16(22)20(18-19-21)10-13-6-7-15(17)12(2)9-13/h3-9H,10,17H2,1-2H3. The number of nitrogens with two attached hydrogens (primary N) is 1. The average molecular weight is 295 g/mol. The third-order valence-corrected chi connectivity index (χ3v) is 3.55. The lowest BCUT2D eigenvalue weighted by molar-refractivity contribution is 0.631. The van der Waals surface area contributed by atoms with Gasteiger partial charge in [-0.3, -0.25) is 0 Å². The molecule has 0 bridgehead atoms. The molecule has 0 aliphatic heterocycles. The number of nitrogens with zero attached hydrogens (tertiary/aromatic N) is 4. The number of hydrogen-bond acceptors (Lipinski definition) is 4. The van der Waals surface area contributed by atoms with Crippen LogP contribution in [0, 0.1) is 13.8 Å². The van der Waals surface area contributed by atoms with Crippen molar-refractivity contribution in [3.63, 3.8) is 0 Å². The monoisotopic (exact) mass is 295 g/mol. The zero-order valence-electron chi connectivity index (χ0n) is 12.5. The molecule has 2 N–H and O–H groups in total. The Balaban J connectivity index is 1.93. The minimum absolute atomic E-state index is 0.264. The second kappa shape index (κ2) is 5.48. The van der Waals surface area contributed by atoms with Crippen molar-refractivity contribution < 1.29 is 0 Å². The van der Waals surface area contributed by atoms with Crippen molar-refractivity contribution in [1.29, 1.82) is 0 Å². The molecule has 3 aromatic rings. The molecule has 2 aromatic carbocycles. The molecule has 22 heavy (non-hydrogen) atoms. The summed E-state index contributed by atoms with van der Waals surface area (Å²) in [5.74, 6) is 0. The summed E-state index contributed by atoms with van der Waals surface area (Å²) in [5.41, 5.74) is 10.00. The van der Waals surface area contributed by atoms with E-state index < -0.39 is 0 Å². The van der Waals surface area contributed by atoms with Crippen LogP contribution in [0.5, 0.6) is 0 Å². The van der Waals surface area contributed by atoms with Gasteiger partial charge in [0.2, 0.25) is 0 Å². The maximum Gasteiger partial charge on any atom is 0.368 e. The van der Waals surface area contributed by atoms with E-state index >= 15 is 0 Å². The van der Waals surface area contributed by atoms with E-state index in [0.717, 1.165) is 22.4 Å². The highest BCUT2D eigenvalue weighted by molar-refractivity contribution is 5.47.